The summed E-state index contributed by atoms with van der Waals surface area (Å²) in [6.45, 7) is 1.52. The monoisotopic (exact) mass is 266 g/mol. The molecule has 0 saturated carbocycles. The number of benzene rings is 1. The van der Waals surface area contributed by atoms with Gasteiger partial charge < -0.3 is 19.4 Å². The third-order valence-corrected chi connectivity index (χ3v) is 2.46. The van der Waals surface area contributed by atoms with Crippen LogP contribution in [0.4, 0.5) is 0 Å². The number of methoxy groups -OCH3 is 1. The zero-order chi connectivity index (χ0) is 13.8. The third kappa shape index (κ3) is 3.50. The van der Waals surface area contributed by atoms with Crippen LogP contribution in [0.15, 0.2) is 30.5 Å². The summed E-state index contributed by atoms with van der Waals surface area (Å²) in [6, 6.07) is 6.79. The quantitative estimate of drug-likeness (QED) is 0.592. The number of carbonyl (C=O) groups excluding carboxylic acids is 1. The fourth-order valence-electron chi connectivity index (χ4n) is 1.58. The van der Waals surface area contributed by atoms with Crippen LogP contribution in [0.5, 0.6) is 17.2 Å². The van der Waals surface area contributed by atoms with Gasteiger partial charge in [-0.05, 0) is 19.1 Å². The Balaban J connectivity index is 0.00000200. The fourth-order valence-corrected chi connectivity index (χ4v) is 1.58. The molecule has 0 aliphatic heterocycles. The first-order chi connectivity index (χ1) is 9.11. The summed E-state index contributed by atoms with van der Waals surface area (Å²) in [5.74, 6) is -0.230. The number of ether oxygens (including phenoxy) is 2. The molecule has 0 amide bonds. The van der Waals surface area contributed by atoms with Crippen molar-refractivity contribution in [3.8, 4) is 17.2 Å². The Bertz CT molecular complexity index is 619. The van der Waals surface area contributed by atoms with E-state index in [9.17, 15) is 9.90 Å². The maximum atomic E-state index is 11.1. The van der Waals surface area contributed by atoms with Crippen molar-refractivity contribution in [1.82, 2.24) is 10.2 Å². The molecule has 0 fully saturated rings. The van der Waals surface area contributed by atoms with Gasteiger partial charge in [-0.2, -0.15) is 10.2 Å². The Hall–Kier alpha value is -2.03. The third-order valence-electron chi connectivity index (χ3n) is 2.46. The predicted octanol–water partition coefficient (Wildman–Crippen LogP) is -2.05. The summed E-state index contributed by atoms with van der Waals surface area (Å²) in [5.41, 5.74) is 0.123. The van der Waals surface area contributed by atoms with Crippen molar-refractivity contribution >= 4 is 5.97 Å². The Labute approximate surface area is 127 Å². The molecule has 1 aromatic heterocycles. The molecule has 0 radical (unpaired) electrons. The van der Waals surface area contributed by atoms with Crippen LogP contribution in [-0.2, 0) is 0 Å². The first-order valence-electron chi connectivity index (χ1n) is 5.47. The SMILES string of the molecule is COc1cccc(Oc2cnnc(C)c2C(=O)[O-])c1.[Li+]. The predicted molar refractivity (Wildman–Crippen MR) is 64.2 cm³/mol. The van der Waals surface area contributed by atoms with E-state index in [0.717, 1.165) is 0 Å². The zero-order valence-electron chi connectivity index (χ0n) is 11.4. The van der Waals surface area contributed by atoms with Gasteiger partial charge in [0, 0.05) is 6.07 Å². The van der Waals surface area contributed by atoms with Gasteiger partial charge in [0.1, 0.15) is 11.5 Å². The summed E-state index contributed by atoms with van der Waals surface area (Å²) in [6.07, 6.45) is 1.23. The molecule has 0 saturated heterocycles. The van der Waals surface area contributed by atoms with Crippen LogP contribution in [0.3, 0.4) is 0 Å². The van der Waals surface area contributed by atoms with Gasteiger partial charge >= 0.3 is 18.9 Å². The second kappa shape index (κ2) is 6.94. The van der Waals surface area contributed by atoms with Gasteiger partial charge in [-0.15, -0.1) is 0 Å². The first kappa shape index (κ1) is 16.0. The number of nitrogens with zero attached hydrogens (tertiary/aromatic N) is 2. The molecule has 1 aromatic carbocycles. The van der Waals surface area contributed by atoms with E-state index < -0.39 is 5.97 Å². The molecular weight excluding hydrogens is 255 g/mol. The second-order valence-corrected chi connectivity index (χ2v) is 3.74. The number of carbonyl (C=O) groups is 1. The summed E-state index contributed by atoms with van der Waals surface area (Å²) in [4.78, 5) is 11.1. The number of carboxylic acid groups (broad SMARTS) is 1. The van der Waals surface area contributed by atoms with Gasteiger partial charge in [0.25, 0.3) is 0 Å². The maximum absolute atomic E-state index is 11.1. The second-order valence-electron chi connectivity index (χ2n) is 3.74. The summed E-state index contributed by atoms with van der Waals surface area (Å²) in [5, 5.41) is 18.4. The molecule has 6 nitrogen and oxygen atoms in total. The maximum Gasteiger partial charge on any atom is 1.00 e. The normalized spacial score (nSPS) is 9.50. The molecule has 7 heteroatoms. The van der Waals surface area contributed by atoms with Gasteiger partial charge in [-0.3, -0.25) is 0 Å². The van der Waals surface area contributed by atoms with Crippen LogP contribution in [-0.4, -0.2) is 23.3 Å². The molecule has 0 aliphatic carbocycles. The van der Waals surface area contributed by atoms with Crippen LogP contribution in [0, 0.1) is 6.92 Å². The van der Waals surface area contributed by atoms with Gasteiger partial charge in [0.05, 0.1) is 30.5 Å². The number of hydrogen-bond acceptors (Lipinski definition) is 6. The Morgan fingerprint density at radius 2 is 2.00 bits per heavy atom. The molecule has 2 rings (SSSR count). The van der Waals surface area contributed by atoms with Crippen LogP contribution in [0.1, 0.15) is 16.1 Å². The molecule has 0 spiro atoms. The number of hydrogen-bond donors (Lipinski definition) is 0. The van der Waals surface area contributed by atoms with E-state index in [2.05, 4.69) is 10.2 Å². The number of carboxylic acids is 1. The van der Waals surface area contributed by atoms with Crippen LogP contribution in [0.2, 0.25) is 0 Å². The van der Waals surface area contributed by atoms with Crippen molar-refractivity contribution in [1.29, 1.82) is 0 Å². The van der Waals surface area contributed by atoms with E-state index in [0.29, 0.717) is 11.5 Å². The number of rotatable bonds is 4. The van der Waals surface area contributed by atoms with Crippen molar-refractivity contribution in [2.24, 2.45) is 0 Å². The topological polar surface area (TPSA) is 84.4 Å². The number of aryl methyl sites for hydroxylation is 1. The molecule has 0 atom stereocenters. The molecule has 20 heavy (non-hydrogen) atoms. The van der Waals surface area contributed by atoms with Gasteiger partial charge in [-0.1, -0.05) is 6.07 Å². The standard InChI is InChI=1S/C13H12N2O4.Li/c1-8-12(13(16)17)11(7-14-15-8)19-10-5-3-4-9(6-10)18-2;/h3-7H,1-2H3,(H,16,17);/q;+1/p-1. The van der Waals surface area contributed by atoms with E-state index in [1.165, 1.54) is 20.2 Å². The van der Waals surface area contributed by atoms with Crippen molar-refractivity contribution in [3.63, 3.8) is 0 Å². The van der Waals surface area contributed by atoms with Gasteiger partial charge in [-0.25, -0.2) is 0 Å². The molecule has 0 N–H and O–H groups in total. The number of aromatic nitrogens is 2. The molecule has 2 aromatic rings. The molecular formula is C13H11LiN2O4. The molecule has 0 unspecified atom stereocenters. The van der Waals surface area contributed by atoms with Gasteiger partial charge in [0.2, 0.25) is 0 Å². The van der Waals surface area contributed by atoms with Gasteiger partial charge in [0.15, 0.2) is 5.75 Å². The molecule has 1 heterocycles. The Kier molecular flexibility index (Phi) is 5.56. The average molecular weight is 266 g/mol. The minimum Gasteiger partial charge on any atom is -0.545 e. The Morgan fingerprint density at radius 1 is 1.30 bits per heavy atom. The minimum absolute atomic E-state index is 0. The van der Waals surface area contributed by atoms with E-state index >= 15 is 0 Å². The van der Waals surface area contributed by atoms with Crippen molar-refractivity contribution in [2.75, 3.05) is 7.11 Å². The van der Waals surface area contributed by atoms with Crippen LogP contribution in [0.25, 0.3) is 0 Å². The molecule has 98 valence electrons. The molecule has 0 aliphatic rings. The molecule has 0 bridgehead atoms. The van der Waals surface area contributed by atoms with E-state index in [-0.39, 0.29) is 35.9 Å². The van der Waals surface area contributed by atoms with E-state index in [4.69, 9.17) is 9.47 Å². The van der Waals surface area contributed by atoms with Crippen molar-refractivity contribution < 1.29 is 38.2 Å². The van der Waals surface area contributed by atoms with Crippen molar-refractivity contribution in [3.05, 3.63) is 41.7 Å². The summed E-state index contributed by atoms with van der Waals surface area (Å²) in [7, 11) is 1.53. The minimum atomic E-state index is -1.36. The van der Waals surface area contributed by atoms with E-state index in [1.54, 1.807) is 24.3 Å². The zero-order valence-corrected chi connectivity index (χ0v) is 11.4. The van der Waals surface area contributed by atoms with Crippen LogP contribution >= 0.6 is 0 Å². The fraction of sp³-hybridized carbons (Fsp3) is 0.154. The summed E-state index contributed by atoms with van der Waals surface area (Å²) >= 11 is 0. The Morgan fingerprint density at radius 3 is 2.65 bits per heavy atom. The number of aromatic carboxylic acids is 1. The largest absolute Gasteiger partial charge is 1.00 e. The average Bonchev–Trinajstić information content (AvgIpc) is 2.38. The smallest absolute Gasteiger partial charge is 0.545 e. The van der Waals surface area contributed by atoms with Crippen molar-refractivity contribution in [2.45, 2.75) is 6.92 Å². The first-order valence-corrected chi connectivity index (χ1v) is 5.47. The van der Waals surface area contributed by atoms with Crippen LogP contribution < -0.4 is 33.4 Å². The van der Waals surface area contributed by atoms with E-state index in [1.807, 2.05) is 0 Å². The summed E-state index contributed by atoms with van der Waals surface area (Å²) < 4.78 is 10.5.